The number of anilines is 2. The van der Waals surface area contributed by atoms with Gasteiger partial charge >= 0.3 is 0 Å². The second-order valence-electron chi connectivity index (χ2n) is 6.37. The van der Waals surface area contributed by atoms with Gasteiger partial charge in [0.2, 0.25) is 0 Å². The Kier molecular flexibility index (Phi) is 4.62. The van der Waals surface area contributed by atoms with Crippen LogP contribution in [0.1, 0.15) is 11.8 Å². The van der Waals surface area contributed by atoms with Crippen LogP contribution in [0.15, 0.2) is 36.9 Å². The molecule has 0 spiro atoms. The molecule has 4 rings (SSSR count). The molecule has 27 heavy (non-hydrogen) atoms. The largest absolute Gasteiger partial charge is 0.399 e. The van der Waals surface area contributed by atoms with Crippen molar-refractivity contribution in [1.29, 1.82) is 0 Å². The van der Waals surface area contributed by atoms with Gasteiger partial charge in [0.05, 0.1) is 12.9 Å². The summed E-state index contributed by atoms with van der Waals surface area (Å²) in [5.74, 6) is 0.530. The Labute approximate surface area is 154 Å². The second-order valence-corrected chi connectivity index (χ2v) is 6.37. The lowest BCUT2D eigenvalue weighted by Gasteiger charge is -2.16. The number of hydrogen-bond acceptors (Lipinski definition) is 9. The van der Waals surface area contributed by atoms with Gasteiger partial charge in [-0.05, 0) is 17.7 Å². The second kappa shape index (κ2) is 7.08. The van der Waals surface area contributed by atoms with Crippen LogP contribution in [0.25, 0.3) is 11.2 Å². The van der Waals surface area contributed by atoms with Crippen molar-refractivity contribution in [1.82, 2.24) is 19.5 Å². The maximum absolute atomic E-state index is 10.2. The zero-order valence-corrected chi connectivity index (χ0v) is 14.3. The molecule has 3 aromatic rings. The lowest BCUT2D eigenvalue weighted by molar-refractivity contribution is -0.0511. The van der Waals surface area contributed by atoms with Crippen molar-refractivity contribution in [3.63, 3.8) is 0 Å². The van der Waals surface area contributed by atoms with Gasteiger partial charge in [0, 0.05) is 12.2 Å². The molecule has 1 aromatic carbocycles. The first-order valence-corrected chi connectivity index (χ1v) is 8.46. The number of nitrogens with two attached hydrogens (primary N) is 1. The Balaban J connectivity index is 1.59. The number of nitrogens with zero attached hydrogens (tertiary/aromatic N) is 4. The molecule has 1 fully saturated rings. The Morgan fingerprint density at radius 3 is 2.59 bits per heavy atom. The van der Waals surface area contributed by atoms with Crippen LogP contribution in [0.2, 0.25) is 0 Å². The third-order valence-electron chi connectivity index (χ3n) is 4.59. The van der Waals surface area contributed by atoms with Gasteiger partial charge in [-0.1, -0.05) is 12.1 Å². The molecule has 2 unspecified atom stereocenters. The number of imidazole rings is 1. The monoisotopic (exact) mass is 372 g/mol. The maximum Gasteiger partial charge on any atom is 0.167 e. The lowest BCUT2D eigenvalue weighted by Crippen LogP contribution is -2.33. The molecule has 0 amide bonds. The molecule has 1 aliphatic heterocycles. The molecule has 6 N–H and O–H groups in total. The summed E-state index contributed by atoms with van der Waals surface area (Å²) in [6.45, 7) is 0.123. The summed E-state index contributed by atoms with van der Waals surface area (Å²) in [5.41, 5.74) is 8.36. The van der Waals surface area contributed by atoms with Gasteiger partial charge in [0.1, 0.15) is 24.6 Å². The zero-order chi connectivity index (χ0) is 19.0. The first-order chi connectivity index (χ1) is 13.1. The molecule has 4 atom stereocenters. The topological polar surface area (TPSA) is 152 Å². The van der Waals surface area contributed by atoms with Gasteiger partial charge in [0.15, 0.2) is 23.2 Å². The number of aliphatic hydroxyl groups is 3. The van der Waals surface area contributed by atoms with Crippen molar-refractivity contribution in [2.75, 3.05) is 17.7 Å². The van der Waals surface area contributed by atoms with E-state index in [2.05, 4.69) is 20.3 Å². The lowest BCUT2D eigenvalue weighted by atomic mass is 10.1. The number of rotatable bonds is 5. The SMILES string of the molecule is Nc1ccc(CNc2ncnc3c2ncn3[C@@H]2O[C@H](CO)C(O)C2O)cc1. The Morgan fingerprint density at radius 1 is 1.11 bits per heavy atom. The number of nitrogen functional groups attached to an aromatic ring is 1. The summed E-state index contributed by atoms with van der Waals surface area (Å²) < 4.78 is 7.07. The fourth-order valence-electron chi connectivity index (χ4n) is 3.10. The van der Waals surface area contributed by atoms with E-state index in [1.165, 1.54) is 17.2 Å². The van der Waals surface area contributed by atoms with E-state index in [1.807, 2.05) is 24.3 Å². The Bertz CT molecular complexity index is 931. The first-order valence-electron chi connectivity index (χ1n) is 8.46. The molecular formula is C17H20N6O4. The molecule has 3 heterocycles. The van der Waals surface area contributed by atoms with Crippen LogP contribution < -0.4 is 11.1 Å². The Hall–Kier alpha value is -2.79. The highest BCUT2D eigenvalue weighted by molar-refractivity contribution is 5.82. The summed E-state index contributed by atoms with van der Waals surface area (Å²) in [5, 5.41) is 32.7. The summed E-state index contributed by atoms with van der Waals surface area (Å²) >= 11 is 0. The highest BCUT2D eigenvalue weighted by atomic mass is 16.6. The molecule has 1 aliphatic rings. The average Bonchev–Trinajstić information content (AvgIpc) is 3.23. The van der Waals surface area contributed by atoms with Crippen molar-refractivity contribution in [2.24, 2.45) is 0 Å². The predicted octanol–water partition coefficient (Wildman–Crippen LogP) is -0.368. The maximum atomic E-state index is 10.2. The molecule has 0 radical (unpaired) electrons. The van der Waals surface area contributed by atoms with Crippen molar-refractivity contribution >= 4 is 22.7 Å². The van der Waals surface area contributed by atoms with Crippen LogP contribution >= 0.6 is 0 Å². The van der Waals surface area contributed by atoms with Crippen LogP contribution in [-0.2, 0) is 11.3 Å². The molecular weight excluding hydrogens is 352 g/mol. The van der Waals surface area contributed by atoms with E-state index in [-0.39, 0.29) is 0 Å². The molecule has 0 aliphatic carbocycles. The number of hydrogen-bond donors (Lipinski definition) is 5. The molecule has 1 saturated heterocycles. The van der Waals surface area contributed by atoms with E-state index in [4.69, 9.17) is 10.5 Å². The van der Waals surface area contributed by atoms with Crippen LogP contribution in [0, 0.1) is 0 Å². The van der Waals surface area contributed by atoms with E-state index >= 15 is 0 Å². The van der Waals surface area contributed by atoms with Crippen molar-refractivity contribution in [2.45, 2.75) is 31.1 Å². The van der Waals surface area contributed by atoms with Crippen molar-refractivity contribution in [3.8, 4) is 0 Å². The number of benzene rings is 1. The number of ether oxygens (including phenoxy) is 1. The highest BCUT2D eigenvalue weighted by Gasteiger charge is 2.44. The van der Waals surface area contributed by atoms with E-state index in [0.29, 0.717) is 29.2 Å². The van der Waals surface area contributed by atoms with Crippen molar-refractivity contribution < 1.29 is 20.1 Å². The molecule has 0 saturated carbocycles. The quantitative estimate of drug-likeness (QED) is 0.378. The summed E-state index contributed by atoms with van der Waals surface area (Å²) in [4.78, 5) is 12.8. The van der Waals surface area contributed by atoms with Crippen LogP contribution in [0.3, 0.4) is 0 Å². The smallest absolute Gasteiger partial charge is 0.167 e. The van der Waals surface area contributed by atoms with Crippen LogP contribution in [-0.4, -0.2) is 59.8 Å². The van der Waals surface area contributed by atoms with Gasteiger partial charge < -0.3 is 31.1 Å². The van der Waals surface area contributed by atoms with Crippen LogP contribution in [0.5, 0.6) is 0 Å². The average molecular weight is 372 g/mol. The fraction of sp³-hybridized carbons (Fsp3) is 0.353. The van der Waals surface area contributed by atoms with E-state index in [0.717, 1.165) is 5.56 Å². The van der Waals surface area contributed by atoms with Gasteiger partial charge in [-0.2, -0.15) is 0 Å². The minimum Gasteiger partial charge on any atom is -0.399 e. The minimum absolute atomic E-state index is 0.398. The van der Waals surface area contributed by atoms with Gasteiger partial charge in [-0.25, -0.2) is 15.0 Å². The van der Waals surface area contributed by atoms with E-state index in [1.54, 1.807) is 0 Å². The summed E-state index contributed by atoms with van der Waals surface area (Å²) in [7, 11) is 0. The Morgan fingerprint density at radius 2 is 1.89 bits per heavy atom. The molecule has 0 bridgehead atoms. The normalized spacial score (nSPS) is 25.1. The van der Waals surface area contributed by atoms with Gasteiger partial charge in [-0.3, -0.25) is 4.57 Å². The van der Waals surface area contributed by atoms with Gasteiger partial charge in [0.25, 0.3) is 0 Å². The number of nitrogens with one attached hydrogen (secondary N) is 1. The molecule has 10 nitrogen and oxygen atoms in total. The first kappa shape index (κ1) is 17.6. The number of aliphatic hydroxyl groups excluding tert-OH is 3. The van der Waals surface area contributed by atoms with E-state index < -0.39 is 31.1 Å². The number of aromatic nitrogens is 4. The standard InChI is InChI=1S/C17H20N6O4/c18-10-3-1-9(2-4-10)5-19-15-12-16(21-7-20-15)23(8-22-12)17-14(26)13(25)11(6-24)27-17/h1-4,7-8,11,13-14,17,24-26H,5-6,18H2,(H,19,20,21)/t11-,13?,14?,17-/m1/s1. The van der Waals surface area contributed by atoms with Crippen LogP contribution in [0.4, 0.5) is 11.5 Å². The van der Waals surface area contributed by atoms with Gasteiger partial charge in [-0.15, -0.1) is 0 Å². The molecule has 142 valence electrons. The van der Waals surface area contributed by atoms with Crippen molar-refractivity contribution in [3.05, 3.63) is 42.5 Å². The third-order valence-corrected chi connectivity index (χ3v) is 4.59. The summed E-state index contributed by atoms with van der Waals surface area (Å²) in [6.07, 6.45) is -1.32. The molecule has 10 heteroatoms. The number of fused-ring (bicyclic) bond motifs is 1. The molecule has 2 aromatic heterocycles. The third kappa shape index (κ3) is 3.19. The summed E-state index contributed by atoms with van der Waals surface area (Å²) in [6, 6.07) is 7.48. The highest BCUT2D eigenvalue weighted by Crippen LogP contribution is 2.32. The predicted molar refractivity (Wildman–Crippen MR) is 96.5 cm³/mol. The zero-order valence-electron chi connectivity index (χ0n) is 14.3. The fourth-order valence-corrected chi connectivity index (χ4v) is 3.10. The van der Waals surface area contributed by atoms with E-state index in [9.17, 15) is 15.3 Å². The minimum atomic E-state index is -1.21.